The number of benzene rings is 2. The van der Waals surface area contributed by atoms with E-state index in [2.05, 4.69) is 19.2 Å². The van der Waals surface area contributed by atoms with Crippen molar-refractivity contribution in [1.29, 1.82) is 0 Å². The maximum Gasteiger partial charge on any atom is 0.251 e. The zero-order valence-electron chi connectivity index (χ0n) is 15.4. The third-order valence-electron chi connectivity index (χ3n) is 4.02. The fourth-order valence-electron chi connectivity index (χ4n) is 2.54. The molecule has 0 saturated carbocycles. The summed E-state index contributed by atoms with van der Waals surface area (Å²) in [5.74, 6) is 1.98. The normalized spacial score (nSPS) is 10.5. The summed E-state index contributed by atoms with van der Waals surface area (Å²) in [4.78, 5) is 12.3. The van der Waals surface area contributed by atoms with Gasteiger partial charge in [0, 0.05) is 12.1 Å². The molecule has 0 unspecified atom stereocenters. The van der Waals surface area contributed by atoms with Crippen molar-refractivity contribution in [2.24, 2.45) is 0 Å². The number of amides is 1. The molecule has 0 fully saturated rings. The standard InChI is InChI=1S/C20H25NO4/c1-13(2)15-6-8-16(9-7-15)20(22)21-12-14-10-17(23-3)19(25-5)18(11-14)24-4/h6-11,13H,12H2,1-5H3,(H,21,22). The minimum absolute atomic E-state index is 0.121. The highest BCUT2D eigenvalue weighted by atomic mass is 16.5. The van der Waals surface area contributed by atoms with Crippen LogP contribution in [-0.4, -0.2) is 27.2 Å². The minimum Gasteiger partial charge on any atom is -0.493 e. The quantitative estimate of drug-likeness (QED) is 0.831. The highest BCUT2D eigenvalue weighted by molar-refractivity contribution is 5.94. The van der Waals surface area contributed by atoms with Crippen LogP contribution in [0.3, 0.4) is 0 Å². The van der Waals surface area contributed by atoms with E-state index in [1.165, 1.54) is 5.56 Å². The van der Waals surface area contributed by atoms with Gasteiger partial charge < -0.3 is 19.5 Å². The molecule has 0 aromatic heterocycles. The predicted octanol–water partition coefficient (Wildman–Crippen LogP) is 3.77. The van der Waals surface area contributed by atoms with Gasteiger partial charge in [-0.2, -0.15) is 0 Å². The zero-order chi connectivity index (χ0) is 18.4. The number of carbonyl (C=O) groups excluding carboxylic acids is 1. The monoisotopic (exact) mass is 343 g/mol. The lowest BCUT2D eigenvalue weighted by atomic mass is 10.0. The van der Waals surface area contributed by atoms with E-state index in [0.717, 1.165) is 5.56 Å². The van der Waals surface area contributed by atoms with Crippen molar-refractivity contribution in [2.45, 2.75) is 26.3 Å². The molecule has 0 aliphatic carbocycles. The average molecular weight is 343 g/mol. The lowest BCUT2D eigenvalue weighted by molar-refractivity contribution is 0.0951. The number of nitrogens with one attached hydrogen (secondary N) is 1. The highest BCUT2D eigenvalue weighted by Gasteiger charge is 2.14. The summed E-state index contributed by atoms with van der Waals surface area (Å²) in [5, 5.41) is 2.91. The number of rotatable bonds is 7. The number of methoxy groups -OCH3 is 3. The summed E-state index contributed by atoms with van der Waals surface area (Å²) in [5.41, 5.74) is 2.71. The predicted molar refractivity (Wildman–Crippen MR) is 97.8 cm³/mol. The van der Waals surface area contributed by atoms with Gasteiger partial charge in [-0.3, -0.25) is 4.79 Å². The second kappa shape index (κ2) is 8.42. The lowest BCUT2D eigenvalue weighted by Crippen LogP contribution is -2.22. The number of ether oxygens (including phenoxy) is 3. The minimum atomic E-state index is -0.121. The van der Waals surface area contributed by atoms with Crippen LogP contribution in [0.2, 0.25) is 0 Å². The molecular formula is C20H25NO4. The van der Waals surface area contributed by atoms with Crippen LogP contribution in [0.1, 0.15) is 41.3 Å². The van der Waals surface area contributed by atoms with Gasteiger partial charge in [-0.05, 0) is 41.3 Å². The number of hydrogen-bond acceptors (Lipinski definition) is 4. The summed E-state index contributed by atoms with van der Waals surface area (Å²) in [7, 11) is 4.69. The van der Waals surface area contributed by atoms with Gasteiger partial charge >= 0.3 is 0 Å². The van der Waals surface area contributed by atoms with Gasteiger partial charge in [0.15, 0.2) is 11.5 Å². The van der Waals surface area contributed by atoms with E-state index in [4.69, 9.17) is 14.2 Å². The molecule has 0 bridgehead atoms. The second-order valence-electron chi connectivity index (χ2n) is 5.99. The largest absolute Gasteiger partial charge is 0.493 e. The Balaban J connectivity index is 2.11. The van der Waals surface area contributed by atoms with E-state index < -0.39 is 0 Å². The van der Waals surface area contributed by atoms with Gasteiger partial charge in [0.2, 0.25) is 5.75 Å². The molecule has 2 aromatic rings. The molecule has 2 rings (SSSR count). The maximum atomic E-state index is 12.3. The van der Waals surface area contributed by atoms with E-state index in [-0.39, 0.29) is 5.91 Å². The van der Waals surface area contributed by atoms with E-state index in [9.17, 15) is 4.79 Å². The Hall–Kier alpha value is -2.69. The van der Waals surface area contributed by atoms with E-state index in [1.54, 1.807) is 21.3 Å². The lowest BCUT2D eigenvalue weighted by Gasteiger charge is -2.14. The van der Waals surface area contributed by atoms with Gasteiger partial charge in [0.05, 0.1) is 21.3 Å². The molecule has 0 saturated heterocycles. The van der Waals surface area contributed by atoms with Crippen LogP contribution in [0, 0.1) is 0 Å². The Morgan fingerprint density at radius 3 is 1.96 bits per heavy atom. The maximum absolute atomic E-state index is 12.3. The Bertz CT molecular complexity index is 698. The summed E-state index contributed by atoms with van der Waals surface area (Å²) in [6, 6.07) is 11.3. The van der Waals surface area contributed by atoms with Gasteiger partial charge in [-0.15, -0.1) is 0 Å². The Morgan fingerprint density at radius 1 is 0.960 bits per heavy atom. The molecular weight excluding hydrogens is 318 g/mol. The first-order chi connectivity index (χ1) is 12.0. The van der Waals surface area contributed by atoms with Crippen LogP contribution in [0.5, 0.6) is 17.2 Å². The molecule has 5 heteroatoms. The van der Waals surface area contributed by atoms with E-state index in [1.807, 2.05) is 36.4 Å². The highest BCUT2D eigenvalue weighted by Crippen LogP contribution is 2.38. The number of hydrogen-bond donors (Lipinski definition) is 1. The Labute approximate surface area is 148 Å². The molecule has 0 aliphatic heterocycles. The topological polar surface area (TPSA) is 56.8 Å². The van der Waals surface area contributed by atoms with Crippen molar-refractivity contribution in [2.75, 3.05) is 21.3 Å². The summed E-state index contributed by atoms with van der Waals surface area (Å²) in [6.07, 6.45) is 0. The SMILES string of the molecule is COc1cc(CNC(=O)c2ccc(C(C)C)cc2)cc(OC)c1OC. The average Bonchev–Trinajstić information content (AvgIpc) is 2.64. The fraction of sp³-hybridized carbons (Fsp3) is 0.350. The molecule has 1 N–H and O–H groups in total. The fourth-order valence-corrected chi connectivity index (χ4v) is 2.54. The van der Waals surface area contributed by atoms with Crippen molar-refractivity contribution in [3.8, 4) is 17.2 Å². The van der Waals surface area contributed by atoms with Crippen LogP contribution in [0.15, 0.2) is 36.4 Å². The van der Waals surface area contributed by atoms with Crippen molar-refractivity contribution in [3.05, 3.63) is 53.1 Å². The summed E-state index contributed by atoms with van der Waals surface area (Å²) < 4.78 is 16.0. The smallest absolute Gasteiger partial charge is 0.251 e. The van der Waals surface area contributed by atoms with Gasteiger partial charge in [-0.1, -0.05) is 26.0 Å². The summed E-state index contributed by atoms with van der Waals surface area (Å²) in [6.45, 7) is 4.61. The van der Waals surface area contributed by atoms with Crippen molar-refractivity contribution >= 4 is 5.91 Å². The molecule has 1 amide bonds. The van der Waals surface area contributed by atoms with Crippen LogP contribution in [0.25, 0.3) is 0 Å². The molecule has 25 heavy (non-hydrogen) atoms. The van der Waals surface area contributed by atoms with Gasteiger partial charge in [-0.25, -0.2) is 0 Å². The zero-order valence-corrected chi connectivity index (χ0v) is 15.4. The molecule has 0 spiro atoms. The van der Waals surface area contributed by atoms with Gasteiger partial charge in [0.25, 0.3) is 5.91 Å². The molecule has 2 aromatic carbocycles. The van der Waals surface area contributed by atoms with Crippen molar-refractivity contribution < 1.29 is 19.0 Å². The molecule has 0 aliphatic rings. The molecule has 0 radical (unpaired) electrons. The Kier molecular flexibility index (Phi) is 6.28. The first kappa shape index (κ1) is 18.6. The van der Waals surface area contributed by atoms with E-state index >= 15 is 0 Å². The van der Waals surface area contributed by atoms with Crippen LogP contribution in [0.4, 0.5) is 0 Å². The third-order valence-corrected chi connectivity index (χ3v) is 4.02. The second-order valence-corrected chi connectivity index (χ2v) is 5.99. The van der Waals surface area contributed by atoms with Crippen LogP contribution < -0.4 is 19.5 Å². The van der Waals surface area contributed by atoms with Crippen molar-refractivity contribution in [3.63, 3.8) is 0 Å². The van der Waals surface area contributed by atoms with Gasteiger partial charge in [0.1, 0.15) is 0 Å². The van der Waals surface area contributed by atoms with Crippen LogP contribution >= 0.6 is 0 Å². The van der Waals surface area contributed by atoms with Crippen LogP contribution in [-0.2, 0) is 6.54 Å². The Morgan fingerprint density at radius 2 is 1.52 bits per heavy atom. The molecule has 5 nitrogen and oxygen atoms in total. The summed E-state index contributed by atoms with van der Waals surface area (Å²) >= 11 is 0. The molecule has 0 heterocycles. The van der Waals surface area contributed by atoms with Crippen molar-refractivity contribution in [1.82, 2.24) is 5.32 Å². The first-order valence-corrected chi connectivity index (χ1v) is 8.17. The molecule has 134 valence electrons. The number of carbonyl (C=O) groups is 1. The van der Waals surface area contributed by atoms with E-state index in [0.29, 0.717) is 35.3 Å². The third kappa shape index (κ3) is 4.44. The first-order valence-electron chi connectivity index (χ1n) is 8.17. The molecule has 0 atom stereocenters.